The van der Waals surface area contributed by atoms with Crippen LogP contribution in [0.2, 0.25) is 0 Å². The molecule has 0 aliphatic carbocycles. The van der Waals surface area contributed by atoms with E-state index in [1.165, 1.54) is 12.1 Å². The number of hydrogen-bond acceptors (Lipinski definition) is 7. The molecule has 1 amide bonds. The number of nitrogen functional groups attached to an aromatic ring is 1. The Morgan fingerprint density at radius 1 is 1.31 bits per heavy atom. The van der Waals surface area contributed by atoms with Crippen LogP contribution in [0.15, 0.2) is 18.2 Å². The maximum Gasteiger partial charge on any atom is 0.524 e. The van der Waals surface area contributed by atoms with Crippen molar-refractivity contribution in [1.82, 2.24) is 5.06 Å². The van der Waals surface area contributed by atoms with E-state index in [1.54, 1.807) is 20.8 Å². The van der Waals surface area contributed by atoms with Gasteiger partial charge in [-0.15, -0.1) is 0 Å². The Bertz CT molecular complexity index is 726. The molecule has 1 atom stereocenters. The molecule has 0 bridgehead atoms. The van der Waals surface area contributed by atoms with E-state index in [0.29, 0.717) is 0 Å². The Hall–Kier alpha value is -2.33. The summed E-state index contributed by atoms with van der Waals surface area (Å²) in [5.41, 5.74) is 4.80. The third-order valence-corrected chi connectivity index (χ3v) is 3.32. The molecule has 0 radical (unpaired) electrons. The van der Waals surface area contributed by atoms with Gasteiger partial charge in [0.15, 0.2) is 11.8 Å². The summed E-state index contributed by atoms with van der Waals surface area (Å²) < 4.78 is 20.1. The summed E-state index contributed by atoms with van der Waals surface area (Å²) in [6.07, 6.45) is -1.58. The molecule has 0 aliphatic rings. The molecule has 0 spiro atoms. The third kappa shape index (κ3) is 6.89. The molecular formula is C14H21N2O9P. The van der Waals surface area contributed by atoms with E-state index in [2.05, 4.69) is 4.52 Å². The van der Waals surface area contributed by atoms with Gasteiger partial charge in [-0.1, -0.05) is 6.07 Å². The quantitative estimate of drug-likeness (QED) is 0.205. The van der Waals surface area contributed by atoms with Crippen molar-refractivity contribution in [1.29, 1.82) is 0 Å². The lowest BCUT2D eigenvalue weighted by atomic mass is 10.0. The summed E-state index contributed by atoms with van der Waals surface area (Å²) in [6.45, 7) is 4.65. The van der Waals surface area contributed by atoms with E-state index in [4.69, 9.17) is 20.3 Å². The number of carboxylic acid groups (broad SMARTS) is 1. The minimum Gasteiger partial charge on any atom is -0.480 e. The Morgan fingerprint density at radius 3 is 2.31 bits per heavy atom. The smallest absolute Gasteiger partial charge is 0.480 e. The zero-order valence-corrected chi connectivity index (χ0v) is 15.2. The summed E-state index contributed by atoms with van der Waals surface area (Å²) >= 11 is 0. The van der Waals surface area contributed by atoms with Crippen LogP contribution in [-0.4, -0.2) is 48.9 Å². The van der Waals surface area contributed by atoms with Crippen LogP contribution in [0, 0.1) is 0 Å². The molecule has 11 nitrogen and oxygen atoms in total. The van der Waals surface area contributed by atoms with Gasteiger partial charge < -0.3 is 20.1 Å². The first-order valence-electron chi connectivity index (χ1n) is 7.27. The summed E-state index contributed by atoms with van der Waals surface area (Å²) in [4.78, 5) is 40.8. The van der Waals surface area contributed by atoms with Crippen LogP contribution in [0.3, 0.4) is 0 Å². The zero-order chi connectivity index (χ0) is 20.3. The van der Waals surface area contributed by atoms with Gasteiger partial charge in [-0.2, -0.15) is 5.06 Å². The molecule has 0 aliphatic heterocycles. The SMILES string of the molecule is CC(C)(C)OC(=O)N(O)[C@H](Cc1ccc(OP(=O)(O)O)c(N)c1)C(=O)O. The van der Waals surface area contributed by atoms with Gasteiger partial charge >= 0.3 is 19.9 Å². The molecule has 0 aromatic heterocycles. The molecule has 6 N–H and O–H groups in total. The number of phosphoric acid groups is 1. The van der Waals surface area contributed by atoms with Crippen LogP contribution in [0.25, 0.3) is 0 Å². The lowest BCUT2D eigenvalue weighted by molar-refractivity contribution is -0.164. The van der Waals surface area contributed by atoms with E-state index in [-0.39, 0.29) is 28.5 Å². The minimum atomic E-state index is -4.81. The van der Waals surface area contributed by atoms with Crippen LogP contribution in [0.5, 0.6) is 5.75 Å². The molecule has 1 aromatic rings. The number of nitrogens with two attached hydrogens (primary N) is 1. The highest BCUT2D eigenvalue weighted by atomic mass is 31.2. The number of carbonyl (C=O) groups is 2. The summed E-state index contributed by atoms with van der Waals surface area (Å²) in [5.74, 6) is -1.78. The molecule has 12 heteroatoms. The van der Waals surface area contributed by atoms with Gasteiger partial charge in [0.2, 0.25) is 0 Å². The largest absolute Gasteiger partial charge is 0.524 e. The van der Waals surface area contributed by atoms with E-state index in [9.17, 15) is 24.5 Å². The second-order valence-corrected chi connectivity index (χ2v) is 7.50. The van der Waals surface area contributed by atoms with Gasteiger partial charge in [-0.25, -0.2) is 14.2 Å². The van der Waals surface area contributed by atoms with Crippen molar-refractivity contribution in [3.05, 3.63) is 23.8 Å². The molecule has 0 saturated heterocycles. The van der Waals surface area contributed by atoms with Gasteiger partial charge in [0, 0.05) is 6.42 Å². The van der Waals surface area contributed by atoms with Gasteiger partial charge in [0.25, 0.3) is 0 Å². The lowest BCUT2D eigenvalue weighted by Gasteiger charge is -2.26. The average molecular weight is 392 g/mol. The first kappa shape index (κ1) is 21.7. The van der Waals surface area contributed by atoms with Crippen molar-refractivity contribution in [2.24, 2.45) is 0 Å². The third-order valence-electron chi connectivity index (χ3n) is 2.88. The number of aliphatic carboxylic acids is 1. The maximum absolute atomic E-state index is 11.8. The van der Waals surface area contributed by atoms with Crippen molar-refractivity contribution in [3.8, 4) is 5.75 Å². The van der Waals surface area contributed by atoms with Crippen LogP contribution in [-0.2, 0) is 20.5 Å². The molecule has 0 fully saturated rings. The van der Waals surface area contributed by atoms with Crippen molar-refractivity contribution >= 4 is 25.6 Å². The molecule has 0 heterocycles. The van der Waals surface area contributed by atoms with Crippen molar-refractivity contribution in [2.45, 2.75) is 38.8 Å². The Labute approximate surface area is 149 Å². The number of hydroxylamine groups is 2. The van der Waals surface area contributed by atoms with Gasteiger partial charge in [-0.3, -0.25) is 15.0 Å². The maximum atomic E-state index is 11.8. The number of ether oxygens (including phenoxy) is 1. The Balaban J connectivity index is 2.97. The highest BCUT2D eigenvalue weighted by Crippen LogP contribution is 2.40. The van der Waals surface area contributed by atoms with E-state index in [1.807, 2.05) is 0 Å². The first-order chi connectivity index (χ1) is 11.7. The molecule has 26 heavy (non-hydrogen) atoms. The minimum absolute atomic E-state index is 0.0379. The highest BCUT2D eigenvalue weighted by molar-refractivity contribution is 7.46. The Morgan fingerprint density at radius 2 is 1.88 bits per heavy atom. The summed E-state index contributed by atoms with van der Waals surface area (Å²) in [7, 11) is -4.81. The van der Waals surface area contributed by atoms with E-state index in [0.717, 1.165) is 6.07 Å². The van der Waals surface area contributed by atoms with Crippen LogP contribution in [0.4, 0.5) is 10.5 Å². The standard InChI is InChI=1S/C14H21N2O9P/c1-14(2,3)24-13(19)16(20)10(12(17)18)7-8-4-5-11(9(15)6-8)25-26(21,22)23/h4-6,10,20H,7,15H2,1-3H3,(H,17,18)(H2,21,22,23)/t10-/m1/s1. The number of benzene rings is 1. The number of anilines is 1. The second kappa shape index (κ2) is 7.92. The predicted octanol–water partition coefficient (Wildman–Crippen LogP) is 1.36. The number of amides is 1. The second-order valence-electron chi connectivity index (χ2n) is 6.34. The number of hydrogen-bond donors (Lipinski definition) is 5. The lowest BCUT2D eigenvalue weighted by Crippen LogP contribution is -2.46. The zero-order valence-electron chi connectivity index (χ0n) is 14.3. The summed E-state index contributed by atoms with van der Waals surface area (Å²) in [5, 5.41) is 19.1. The number of rotatable bonds is 6. The normalized spacial score (nSPS) is 13.0. The highest BCUT2D eigenvalue weighted by Gasteiger charge is 2.32. The van der Waals surface area contributed by atoms with Crippen molar-refractivity contribution < 1.29 is 43.5 Å². The Kier molecular flexibility index (Phi) is 6.61. The number of carboxylic acids is 1. The molecule has 0 unspecified atom stereocenters. The topological polar surface area (TPSA) is 180 Å². The van der Waals surface area contributed by atoms with Gasteiger partial charge in [0.05, 0.1) is 5.69 Å². The van der Waals surface area contributed by atoms with Crippen LogP contribution < -0.4 is 10.3 Å². The average Bonchev–Trinajstić information content (AvgIpc) is 2.43. The van der Waals surface area contributed by atoms with Crippen molar-refractivity contribution in [2.75, 3.05) is 5.73 Å². The molecular weight excluding hydrogens is 371 g/mol. The fourth-order valence-electron chi connectivity index (χ4n) is 1.87. The molecule has 0 saturated carbocycles. The van der Waals surface area contributed by atoms with Crippen LogP contribution in [0.1, 0.15) is 26.3 Å². The van der Waals surface area contributed by atoms with Gasteiger partial charge in [-0.05, 0) is 38.5 Å². The first-order valence-corrected chi connectivity index (χ1v) is 8.80. The van der Waals surface area contributed by atoms with Gasteiger partial charge in [0.1, 0.15) is 5.60 Å². The van der Waals surface area contributed by atoms with E-state index < -0.39 is 31.5 Å². The fraction of sp³-hybridized carbons (Fsp3) is 0.429. The summed E-state index contributed by atoms with van der Waals surface area (Å²) in [6, 6.07) is 1.97. The predicted molar refractivity (Wildman–Crippen MR) is 88.5 cm³/mol. The number of nitrogens with zero attached hydrogens (tertiary/aromatic N) is 1. The number of carbonyl (C=O) groups excluding carboxylic acids is 1. The number of phosphoric ester groups is 1. The monoisotopic (exact) mass is 392 g/mol. The fourth-order valence-corrected chi connectivity index (χ4v) is 2.30. The molecule has 1 aromatic carbocycles. The molecule has 1 rings (SSSR count). The van der Waals surface area contributed by atoms with Crippen molar-refractivity contribution in [3.63, 3.8) is 0 Å². The molecule has 146 valence electrons. The van der Waals surface area contributed by atoms with E-state index >= 15 is 0 Å². The van der Waals surface area contributed by atoms with Crippen LogP contribution >= 0.6 is 7.82 Å².